The Labute approximate surface area is 123 Å². The molecule has 1 saturated carbocycles. The van der Waals surface area contributed by atoms with E-state index in [1.54, 1.807) is 11.3 Å². The minimum absolute atomic E-state index is 0.316. The lowest BCUT2D eigenvalue weighted by atomic mass is 9.85. The second-order valence-electron chi connectivity index (χ2n) is 6.27. The van der Waals surface area contributed by atoms with Gasteiger partial charge in [-0.25, -0.2) is 0 Å². The third kappa shape index (κ3) is 3.35. The highest BCUT2D eigenvalue weighted by molar-refractivity contribution is 9.11. The van der Waals surface area contributed by atoms with Gasteiger partial charge in [0.25, 0.3) is 0 Å². The number of thiophene rings is 1. The van der Waals surface area contributed by atoms with E-state index in [1.807, 2.05) is 0 Å². The van der Waals surface area contributed by atoms with Gasteiger partial charge in [0.2, 0.25) is 0 Å². The molecule has 1 aromatic rings. The molecule has 2 atom stereocenters. The Balaban J connectivity index is 1.87. The van der Waals surface area contributed by atoms with E-state index in [2.05, 4.69) is 53.2 Å². The summed E-state index contributed by atoms with van der Waals surface area (Å²) in [6.07, 6.45) is 2.53. The Morgan fingerprint density at radius 1 is 1.56 bits per heavy atom. The van der Waals surface area contributed by atoms with Crippen molar-refractivity contribution >= 4 is 27.3 Å². The van der Waals surface area contributed by atoms with Gasteiger partial charge in [-0.2, -0.15) is 0 Å². The summed E-state index contributed by atoms with van der Waals surface area (Å²) in [6.45, 7) is 6.73. The summed E-state index contributed by atoms with van der Waals surface area (Å²) in [5.41, 5.74) is 8.08. The quantitative estimate of drug-likeness (QED) is 0.911. The van der Waals surface area contributed by atoms with E-state index >= 15 is 0 Å². The lowest BCUT2D eigenvalue weighted by molar-refractivity contribution is 0.229. The van der Waals surface area contributed by atoms with Crippen LogP contribution in [0.4, 0.5) is 0 Å². The number of hydrogen-bond acceptors (Lipinski definition) is 3. The van der Waals surface area contributed by atoms with Crippen LogP contribution in [0.1, 0.15) is 32.3 Å². The van der Waals surface area contributed by atoms with E-state index in [0.29, 0.717) is 17.4 Å². The van der Waals surface area contributed by atoms with Crippen molar-refractivity contribution in [2.75, 3.05) is 13.6 Å². The number of halogens is 1. The Kier molecular flexibility index (Phi) is 4.52. The minimum atomic E-state index is 0.316. The van der Waals surface area contributed by atoms with E-state index < -0.39 is 0 Å². The first kappa shape index (κ1) is 14.5. The molecule has 0 saturated heterocycles. The first-order valence-corrected chi connectivity index (χ1v) is 8.23. The second kappa shape index (κ2) is 5.61. The van der Waals surface area contributed by atoms with Gasteiger partial charge < -0.3 is 10.6 Å². The fourth-order valence-electron chi connectivity index (χ4n) is 2.95. The zero-order chi connectivity index (χ0) is 13.3. The number of nitrogens with two attached hydrogens (primary N) is 1. The third-order valence-corrected chi connectivity index (χ3v) is 5.74. The lowest BCUT2D eigenvalue weighted by Crippen LogP contribution is -2.41. The molecule has 2 nitrogen and oxygen atoms in total. The van der Waals surface area contributed by atoms with Crippen LogP contribution < -0.4 is 5.73 Å². The van der Waals surface area contributed by atoms with Gasteiger partial charge in [-0.15, -0.1) is 11.3 Å². The highest BCUT2D eigenvalue weighted by atomic mass is 79.9. The zero-order valence-electron chi connectivity index (χ0n) is 11.4. The van der Waals surface area contributed by atoms with Crippen LogP contribution in [0.25, 0.3) is 0 Å². The molecule has 0 aliphatic heterocycles. The summed E-state index contributed by atoms with van der Waals surface area (Å²) in [5, 5.41) is 2.22. The van der Waals surface area contributed by atoms with Gasteiger partial charge in [0.1, 0.15) is 0 Å². The van der Waals surface area contributed by atoms with Crippen LogP contribution in [0.5, 0.6) is 0 Å². The maximum Gasteiger partial charge on any atom is 0.0701 e. The summed E-state index contributed by atoms with van der Waals surface area (Å²) in [6, 6.07) is 2.55. The molecule has 0 radical (unpaired) electrons. The van der Waals surface area contributed by atoms with E-state index in [9.17, 15) is 0 Å². The van der Waals surface area contributed by atoms with Gasteiger partial charge in [0, 0.05) is 19.1 Å². The smallest absolute Gasteiger partial charge is 0.0701 e. The largest absolute Gasteiger partial charge is 0.327 e. The highest BCUT2D eigenvalue weighted by Gasteiger charge is 2.39. The van der Waals surface area contributed by atoms with Gasteiger partial charge in [-0.3, -0.25) is 0 Å². The fraction of sp³-hybridized carbons (Fsp3) is 0.714. The fourth-order valence-corrected chi connectivity index (χ4v) is 4.15. The topological polar surface area (TPSA) is 29.3 Å². The van der Waals surface area contributed by atoms with Crippen LogP contribution in [-0.2, 0) is 6.54 Å². The number of rotatable bonds is 4. The SMILES string of the molecule is CN(Cc1csc(Br)c1)CC1CCC(C)(C)C1N. The first-order valence-electron chi connectivity index (χ1n) is 6.55. The number of nitrogens with zero attached hydrogens (tertiary/aromatic N) is 1. The van der Waals surface area contributed by atoms with Gasteiger partial charge in [0.15, 0.2) is 0 Å². The summed E-state index contributed by atoms with van der Waals surface area (Å²) in [5.74, 6) is 0.645. The van der Waals surface area contributed by atoms with Crippen LogP contribution in [0, 0.1) is 11.3 Å². The molecule has 0 spiro atoms. The Bertz CT molecular complexity index is 402. The average Bonchev–Trinajstić information content (AvgIpc) is 2.78. The molecule has 1 heterocycles. The van der Waals surface area contributed by atoms with Crippen molar-refractivity contribution in [1.29, 1.82) is 0 Å². The normalized spacial score (nSPS) is 27.0. The van der Waals surface area contributed by atoms with Crippen molar-refractivity contribution in [2.24, 2.45) is 17.1 Å². The van der Waals surface area contributed by atoms with Crippen LogP contribution in [0.15, 0.2) is 15.2 Å². The van der Waals surface area contributed by atoms with E-state index in [-0.39, 0.29) is 0 Å². The molecule has 2 unspecified atom stereocenters. The molecular weight excluding hydrogens is 308 g/mol. The van der Waals surface area contributed by atoms with Crippen LogP contribution >= 0.6 is 27.3 Å². The molecule has 1 aliphatic rings. The standard InChI is InChI=1S/C14H23BrN2S/c1-14(2)5-4-11(13(14)16)8-17(3)7-10-6-12(15)18-9-10/h6,9,11,13H,4-5,7-8,16H2,1-3H3. The molecule has 18 heavy (non-hydrogen) atoms. The van der Waals surface area contributed by atoms with Crippen molar-refractivity contribution in [3.8, 4) is 0 Å². The molecule has 0 aromatic carbocycles. The average molecular weight is 331 g/mol. The monoisotopic (exact) mass is 330 g/mol. The summed E-state index contributed by atoms with van der Waals surface area (Å²) < 4.78 is 1.21. The van der Waals surface area contributed by atoms with Crippen molar-refractivity contribution < 1.29 is 0 Å². The van der Waals surface area contributed by atoms with Gasteiger partial charge in [0.05, 0.1) is 3.79 Å². The second-order valence-corrected chi connectivity index (χ2v) is 8.56. The Morgan fingerprint density at radius 3 is 2.78 bits per heavy atom. The molecule has 2 N–H and O–H groups in total. The summed E-state index contributed by atoms with van der Waals surface area (Å²) in [7, 11) is 2.20. The molecule has 1 aromatic heterocycles. The van der Waals surface area contributed by atoms with Crippen LogP contribution in [0.2, 0.25) is 0 Å². The van der Waals surface area contributed by atoms with E-state index in [1.165, 1.54) is 22.2 Å². The molecule has 0 bridgehead atoms. The number of hydrogen-bond donors (Lipinski definition) is 1. The van der Waals surface area contributed by atoms with Crippen molar-refractivity contribution in [3.05, 3.63) is 20.8 Å². The van der Waals surface area contributed by atoms with E-state index in [0.717, 1.165) is 13.1 Å². The van der Waals surface area contributed by atoms with Gasteiger partial charge >= 0.3 is 0 Å². The van der Waals surface area contributed by atoms with Crippen LogP contribution in [0.3, 0.4) is 0 Å². The molecule has 4 heteroatoms. The predicted octanol–water partition coefficient (Wildman–Crippen LogP) is 3.71. The molecule has 1 aliphatic carbocycles. The first-order chi connectivity index (χ1) is 8.38. The third-order valence-electron chi connectivity index (χ3n) is 4.19. The van der Waals surface area contributed by atoms with Gasteiger partial charge in [-0.1, -0.05) is 13.8 Å². The Hall–Kier alpha value is 0.1000. The molecule has 0 amide bonds. The minimum Gasteiger partial charge on any atom is -0.327 e. The predicted molar refractivity (Wildman–Crippen MR) is 82.8 cm³/mol. The molecular formula is C14H23BrN2S. The van der Waals surface area contributed by atoms with Crippen molar-refractivity contribution in [1.82, 2.24) is 4.90 Å². The van der Waals surface area contributed by atoms with E-state index in [4.69, 9.17) is 5.73 Å². The maximum atomic E-state index is 6.37. The zero-order valence-corrected chi connectivity index (χ0v) is 13.9. The summed E-state index contributed by atoms with van der Waals surface area (Å²) in [4.78, 5) is 2.40. The summed E-state index contributed by atoms with van der Waals surface area (Å²) >= 11 is 5.27. The lowest BCUT2D eigenvalue weighted by Gasteiger charge is -2.29. The molecule has 102 valence electrons. The Morgan fingerprint density at radius 2 is 2.28 bits per heavy atom. The van der Waals surface area contributed by atoms with Crippen LogP contribution in [-0.4, -0.2) is 24.5 Å². The van der Waals surface area contributed by atoms with Gasteiger partial charge in [-0.05, 0) is 64.2 Å². The maximum absolute atomic E-state index is 6.37. The van der Waals surface area contributed by atoms with Crippen molar-refractivity contribution in [2.45, 2.75) is 39.3 Å². The van der Waals surface area contributed by atoms with Crippen molar-refractivity contribution in [3.63, 3.8) is 0 Å². The molecule has 1 fully saturated rings. The highest BCUT2D eigenvalue weighted by Crippen LogP contribution is 2.40. The molecule has 2 rings (SSSR count).